The lowest BCUT2D eigenvalue weighted by Gasteiger charge is -2.11. The molecule has 0 aliphatic rings. The second-order valence-corrected chi connectivity index (χ2v) is 5.74. The van der Waals surface area contributed by atoms with Crippen molar-refractivity contribution in [1.29, 1.82) is 0 Å². The highest BCUT2D eigenvalue weighted by atomic mass is 16.5. The molecular weight excluding hydrogens is 346 g/mol. The standard InChI is InChI=1S/C21H21NO5/c1-24-18-8-9-19(25-2)16(12-18)13-22-21(23)20-15(10-11-26-20)14-27-17-6-4-3-5-7-17/h3-12H,13-14H2,1-2H3,(H,22,23). The molecule has 3 rings (SSSR count). The SMILES string of the molecule is COc1ccc(OC)c(CNC(=O)c2occc2COc2ccccc2)c1. The van der Waals surface area contributed by atoms with Crippen molar-refractivity contribution < 1.29 is 23.4 Å². The fraction of sp³-hybridized carbons (Fsp3) is 0.190. The average molecular weight is 367 g/mol. The fourth-order valence-electron chi connectivity index (χ4n) is 2.60. The molecule has 1 N–H and O–H groups in total. The van der Waals surface area contributed by atoms with Crippen molar-refractivity contribution in [3.63, 3.8) is 0 Å². The Hall–Kier alpha value is -3.41. The van der Waals surface area contributed by atoms with Gasteiger partial charge < -0.3 is 23.9 Å². The lowest BCUT2D eigenvalue weighted by atomic mass is 10.1. The minimum Gasteiger partial charge on any atom is -0.497 e. The fourth-order valence-corrected chi connectivity index (χ4v) is 2.60. The molecule has 6 nitrogen and oxygen atoms in total. The molecule has 1 aromatic heterocycles. The van der Waals surface area contributed by atoms with Gasteiger partial charge in [-0.25, -0.2) is 0 Å². The quantitative estimate of drug-likeness (QED) is 0.656. The maximum Gasteiger partial charge on any atom is 0.287 e. The first kappa shape index (κ1) is 18.4. The van der Waals surface area contributed by atoms with E-state index in [1.165, 1.54) is 6.26 Å². The molecule has 0 unspecified atom stereocenters. The number of rotatable bonds is 8. The summed E-state index contributed by atoms with van der Waals surface area (Å²) >= 11 is 0. The monoisotopic (exact) mass is 367 g/mol. The number of carbonyl (C=O) groups excluding carboxylic acids is 1. The Labute approximate surface area is 157 Å². The number of furan rings is 1. The number of amides is 1. The van der Waals surface area contributed by atoms with Crippen LogP contribution in [0.15, 0.2) is 65.3 Å². The van der Waals surface area contributed by atoms with Crippen molar-refractivity contribution in [2.24, 2.45) is 0 Å². The molecule has 0 aliphatic heterocycles. The Balaban J connectivity index is 1.65. The van der Waals surface area contributed by atoms with Gasteiger partial charge in [0, 0.05) is 17.7 Å². The van der Waals surface area contributed by atoms with E-state index < -0.39 is 0 Å². The molecule has 0 atom stereocenters. The molecule has 0 spiro atoms. The van der Waals surface area contributed by atoms with Gasteiger partial charge in [0.1, 0.15) is 23.9 Å². The molecule has 0 saturated carbocycles. The van der Waals surface area contributed by atoms with Crippen LogP contribution in [-0.4, -0.2) is 20.1 Å². The first-order valence-electron chi connectivity index (χ1n) is 8.44. The molecule has 2 aromatic carbocycles. The van der Waals surface area contributed by atoms with E-state index in [1.807, 2.05) is 36.4 Å². The van der Waals surface area contributed by atoms with Gasteiger partial charge in [-0.1, -0.05) is 18.2 Å². The van der Waals surface area contributed by atoms with Crippen LogP contribution >= 0.6 is 0 Å². The molecule has 1 heterocycles. The van der Waals surface area contributed by atoms with Crippen LogP contribution in [0.2, 0.25) is 0 Å². The summed E-state index contributed by atoms with van der Waals surface area (Å²) in [5, 5.41) is 2.84. The predicted octanol–water partition coefficient (Wildman–Crippen LogP) is 3.81. The number of para-hydroxylation sites is 1. The summed E-state index contributed by atoms with van der Waals surface area (Å²) in [6.45, 7) is 0.518. The van der Waals surface area contributed by atoms with Gasteiger partial charge in [0.15, 0.2) is 5.76 Å². The average Bonchev–Trinajstić information content (AvgIpc) is 3.19. The lowest BCUT2D eigenvalue weighted by molar-refractivity contribution is 0.0919. The third kappa shape index (κ3) is 4.61. The predicted molar refractivity (Wildman–Crippen MR) is 100 cm³/mol. The third-order valence-corrected chi connectivity index (χ3v) is 4.02. The smallest absolute Gasteiger partial charge is 0.287 e. The van der Waals surface area contributed by atoms with Crippen LogP contribution in [0.5, 0.6) is 17.2 Å². The van der Waals surface area contributed by atoms with Crippen LogP contribution in [0.3, 0.4) is 0 Å². The molecule has 140 valence electrons. The second-order valence-electron chi connectivity index (χ2n) is 5.74. The van der Waals surface area contributed by atoms with Gasteiger partial charge in [0.2, 0.25) is 0 Å². The van der Waals surface area contributed by atoms with E-state index >= 15 is 0 Å². The Bertz CT molecular complexity index is 889. The Morgan fingerprint density at radius 3 is 2.52 bits per heavy atom. The summed E-state index contributed by atoms with van der Waals surface area (Å²) < 4.78 is 21.6. The van der Waals surface area contributed by atoms with E-state index in [0.717, 1.165) is 11.3 Å². The highest BCUT2D eigenvalue weighted by Crippen LogP contribution is 2.24. The van der Waals surface area contributed by atoms with Gasteiger partial charge in [-0.05, 0) is 36.4 Å². The van der Waals surface area contributed by atoms with Gasteiger partial charge in [-0.2, -0.15) is 0 Å². The third-order valence-electron chi connectivity index (χ3n) is 4.02. The number of carbonyl (C=O) groups is 1. The van der Waals surface area contributed by atoms with Crippen molar-refractivity contribution in [3.05, 3.63) is 77.7 Å². The van der Waals surface area contributed by atoms with Crippen LogP contribution in [0.1, 0.15) is 21.7 Å². The van der Waals surface area contributed by atoms with E-state index in [4.69, 9.17) is 18.6 Å². The molecule has 1 amide bonds. The summed E-state index contributed by atoms with van der Waals surface area (Å²) in [5.41, 5.74) is 1.48. The van der Waals surface area contributed by atoms with Gasteiger partial charge in [0.25, 0.3) is 5.91 Å². The largest absolute Gasteiger partial charge is 0.497 e. The van der Waals surface area contributed by atoms with Crippen LogP contribution in [0, 0.1) is 0 Å². The molecule has 6 heteroatoms. The summed E-state index contributed by atoms with van der Waals surface area (Å²) in [6, 6.07) is 16.5. The van der Waals surface area contributed by atoms with Crippen molar-refractivity contribution in [3.8, 4) is 17.2 Å². The molecule has 27 heavy (non-hydrogen) atoms. The van der Waals surface area contributed by atoms with E-state index in [2.05, 4.69) is 5.32 Å². The highest BCUT2D eigenvalue weighted by Gasteiger charge is 2.16. The number of benzene rings is 2. The van der Waals surface area contributed by atoms with Gasteiger partial charge in [0.05, 0.1) is 20.5 Å². The number of hydrogen-bond acceptors (Lipinski definition) is 5. The molecule has 0 fully saturated rings. The lowest BCUT2D eigenvalue weighted by Crippen LogP contribution is -2.24. The normalized spacial score (nSPS) is 10.3. The minimum atomic E-state index is -0.323. The van der Waals surface area contributed by atoms with Gasteiger partial charge in [-0.3, -0.25) is 4.79 Å². The maximum absolute atomic E-state index is 12.5. The zero-order chi connectivity index (χ0) is 19.1. The van der Waals surface area contributed by atoms with Gasteiger partial charge in [-0.15, -0.1) is 0 Å². The van der Waals surface area contributed by atoms with Crippen molar-refractivity contribution in [1.82, 2.24) is 5.32 Å². The first-order chi connectivity index (χ1) is 13.2. The van der Waals surface area contributed by atoms with E-state index in [9.17, 15) is 4.79 Å². The van der Waals surface area contributed by atoms with Crippen LogP contribution < -0.4 is 19.5 Å². The molecule has 0 radical (unpaired) electrons. The number of methoxy groups -OCH3 is 2. The molecule has 0 aliphatic carbocycles. The Morgan fingerprint density at radius 1 is 0.963 bits per heavy atom. The van der Waals surface area contributed by atoms with Crippen molar-refractivity contribution >= 4 is 5.91 Å². The van der Waals surface area contributed by atoms with Crippen molar-refractivity contribution in [2.75, 3.05) is 14.2 Å². The second kappa shape index (κ2) is 8.80. The van der Waals surface area contributed by atoms with Crippen molar-refractivity contribution in [2.45, 2.75) is 13.2 Å². The van der Waals surface area contributed by atoms with Gasteiger partial charge >= 0.3 is 0 Å². The van der Waals surface area contributed by atoms with Crippen LogP contribution in [0.4, 0.5) is 0 Å². The summed E-state index contributed by atoms with van der Waals surface area (Å²) in [6.07, 6.45) is 1.48. The van der Waals surface area contributed by atoms with Crippen LogP contribution in [-0.2, 0) is 13.2 Å². The topological polar surface area (TPSA) is 69.9 Å². The summed E-state index contributed by atoms with van der Waals surface area (Å²) in [5.74, 6) is 1.99. The molecule has 3 aromatic rings. The molecule has 0 saturated heterocycles. The number of nitrogens with one attached hydrogen (secondary N) is 1. The molecular formula is C21H21NO5. The zero-order valence-corrected chi connectivity index (χ0v) is 15.2. The maximum atomic E-state index is 12.5. The van der Waals surface area contributed by atoms with E-state index in [1.54, 1.807) is 32.4 Å². The summed E-state index contributed by atoms with van der Waals surface area (Å²) in [7, 11) is 3.17. The first-order valence-corrected chi connectivity index (χ1v) is 8.44. The zero-order valence-electron chi connectivity index (χ0n) is 15.2. The minimum absolute atomic E-state index is 0.229. The number of hydrogen-bond donors (Lipinski definition) is 1. The Morgan fingerprint density at radius 2 is 1.78 bits per heavy atom. The van der Waals surface area contributed by atoms with E-state index in [-0.39, 0.29) is 24.8 Å². The van der Waals surface area contributed by atoms with Crippen LogP contribution in [0.25, 0.3) is 0 Å². The highest BCUT2D eigenvalue weighted by molar-refractivity contribution is 5.92. The Kier molecular flexibility index (Phi) is 5.99. The molecule has 0 bridgehead atoms. The number of ether oxygens (including phenoxy) is 3. The summed E-state index contributed by atoms with van der Waals surface area (Å²) in [4.78, 5) is 12.5. The van der Waals surface area contributed by atoms with E-state index in [0.29, 0.717) is 17.1 Å².